The molecule has 1 aliphatic heterocycles. The van der Waals surface area contributed by atoms with Gasteiger partial charge in [0.25, 0.3) is 11.8 Å². The topological polar surface area (TPSA) is 91.8 Å². The van der Waals surface area contributed by atoms with E-state index in [0.29, 0.717) is 5.82 Å². The maximum atomic E-state index is 11.3. The second-order valence-electron chi connectivity index (χ2n) is 2.83. The lowest BCUT2D eigenvalue weighted by molar-refractivity contribution is -0.139. The van der Waals surface area contributed by atoms with E-state index in [2.05, 4.69) is 20.6 Å². The van der Waals surface area contributed by atoms with Gasteiger partial charge in [-0.2, -0.15) is 5.21 Å². The second-order valence-corrected chi connectivity index (χ2v) is 2.83. The Balaban J connectivity index is 2.24. The monoisotopic (exact) mass is 193 g/mol. The zero-order valence-electron chi connectivity index (χ0n) is 7.34. The van der Waals surface area contributed by atoms with Crippen LogP contribution in [-0.2, 0) is 9.59 Å². The first-order valence-corrected chi connectivity index (χ1v) is 3.98. The van der Waals surface area contributed by atoms with Crippen LogP contribution in [0.2, 0.25) is 0 Å². The summed E-state index contributed by atoms with van der Waals surface area (Å²) in [6.45, 7) is 1.66. The van der Waals surface area contributed by atoms with Gasteiger partial charge in [-0.3, -0.25) is 14.5 Å². The number of carbonyl (C=O) groups excluding carboxylic acids is 2. The molecule has 14 heavy (non-hydrogen) atoms. The molecule has 1 N–H and O–H groups in total. The van der Waals surface area contributed by atoms with Gasteiger partial charge in [0, 0.05) is 12.2 Å². The molecule has 2 rings (SSSR count). The van der Waals surface area contributed by atoms with Gasteiger partial charge in [-0.25, -0.2) is 0 Å². The fraction of sp³-hybridized carbons (Fsp3) is 0.286. The van der Waals surface area contributed by atoms with E-state index in [-0.39, 0.29) is 11.8 Å². The molecule has 0 bridgehead atoms. The molecule has 7 nitrogen and oxygen atoms in total. The van der Waals surface area contributed by atoms with E-state index in [1.807, 2.05) is 0 Å². The van der Waals surface area contributed by atoms with Crippen LogP contribution in [0.25, 0.3) is 0 Å². The molecule has 72 valence electrons. The molecule has 0 aromatic carbocycles. The molecule has 1 aromatic rings. The van der Waals surface area contributed by atoms with E-state index in [9.17, 15) is 9.59 Å². The summed E-state index contributed by atoms with van der Waals surface area (Å²) in [4.78, 5) is 23.6. The number of rotatable bonds is 2. The zero-order chi connectivity index (χ0) is 10.1. The fourth-order valence-corrected chi connectivity index (χ4v) is 1.26. The van der Waals surface area contributed by atoms with Crippen LogP contribution in [-0.4, -0.2) is 37.3 Å². The highest BCUT2D eigenvalue weighted by Gasteiger charge is 2.31. The Morgan fingerprint density at radius 1 is 1.36 bits per heavy atom. The Labute approximate surface area is 78.8 Å². The van der Waals surface area contributed by atoms with Gasteiger partial charge >= 0.3 is 0 Å². The smallest absolute Gasteiger partial charge is 0.254 e. The van der Waals surface area contributed by atoms with Crippen LogP contribution in [0.1, 0.15) is 18.8 Å². The van der Waals surface area contributed by atoms with Gasteiger partial charge in [0.2, 0.25) is 0 Å². The number of hydrogen-bond acceptors (Lipinski definition) is 5. The van der Waals surface area contributed by atoms with E-state index in [1.165, 1.54) is 12.2 Å². The van der Waals surface area contributed by atoms with Gasteiger partial charge in [-0.15, -0.1) is 10.2 Å². The van der Waals surface area contributed by atoms with Crippen LogP contribution in [0, 0.1) is 0 Å². The van der Waals surface area contributed by atoms with Crippen LogP contribution in [0.5, 0.6) is 0 Å². The molecular formula is C7H7N5O2. The Kier molecular flexibility index (Phi) is 1.84. The van der Waals surface area contributed by atoms with Gasteiger partial charge in [0.15, 0.2) is 5.82 Å². The SMILES string of the molecule is CC(c1nn[nH]n1)N1C(=O)C=CC1=O. The number of aromatic amines is 1. The molecule has 1 unspecified atom stereocenters. The highest BCUT2D eigenvalue weighted by atomic mass is 16.2. The summed E-state index contributed by atoms with van der Waals surface area (Å²) < 4.78 is 0. The molecule has 2 amide bonds. The van der Waals surface area contributed by atoms with Gasteiger partial charge in [-0.05, 0) is 6.92 Å². The normalized spacial score (nSPS) is 17.9. The average molecular weight is 193 g/mol. The Morgan fingerprint density at radius 3 is 2.50 bits per heavy atom. The van der Waals surface area contributed by atoms with Crippen molar-refractivity contribution in [3.8, 4) is 0 Å². The van der Waals surface area contributed by atoms with Crippen molar-refractivity contribution in [3.63, 3.8) is 0 Å². The zero-order valence-corrected chi connectivity index (χ0v) is 7.34. The standard InChI is InChI=1S/C7H7N5O2/c1-4(7-8-10-11-9-7)12-5(13)2-3-6(12)14/h2-4H,1H3,(H,8,9,10,11). The van der Waals surface area contributed by atoms with Crippen molar-refractivity contribution in [1.82, 2.24) is 25.5 Å². The minimum atomic E-state index is -0.497. The second kappa shape index (κ2) is 3.02. The number of aromatic nitrogens is 4. The van der Waals surface area contributed by atoms with Crippen molar-refractivity contribution in [1.29, 1.82) is 0 Å². The summed E-state index contributed by atoms with van der Waals surface area (Å²) >= 11 is 0. The molecular weight excluding hydrogens is 186 g/mol. The molecule has 0 saturated carbocycles. The van der Waals surface area contributed by atoms with Crippen molar-refractivity contribution < 1.29 is 9.59 Å². The summed E-state index contributed by atoms with van der Waals surface area (Å²) in [5.74, 6) is -0.394. The van der Waals surface area contributed by atoms with Crippen molar-refractivity contribution in [3.05, 3.63) is 18.0 Å². The molecule has 2 heterocycles. The number of carbonyl (C=O) groups is 2. The average Bonchev–Trinajstić information content (AvgIpc) is 2.75. The van der Waals surface area contributed by atoms with Crippen molar-refractivity contribution in [2.75, 3.05) is 0 Å². The minimum Gasteiger partial charge on any atom is -0.269 e. The molecule has 0 fully saturated rings. The minimum absolute atomic E-state index is 0.315. The number of tetrazole rings is 1. The highest BCUT2D eigenvalue weighted by molar-refractivity contribution is 6.13. The van der Waals surface area contributed by atoms with E-state index in [4.69, 9.17) is 0 Å². The summed E-state index contributed by atoms with van der Waals surface area (Å²) in [6, 6.07) is -0.497. The molecule has 7 heteroatoms. The van der Waals surface area contributed by atoms with Gasteiger partial charge in [0.1, 0.15) is 6.04 Å². The van der Waals surface area contributed by atoms with Crippen LogP contribution < -0.4 is 0 Å². The van der Waals surface area contributed by atoms with Crippen LogP contribution in [0.3, 0.4) is 0 Å². The van der Waals surface area contributed by atoms with Crippen LogP contribution >= 0.6 is 0 Å². The van der Waals surface area contributed by atoms with Gasteiger partial charge in [-0.1, -0.05) is 5.21 Å². The number of nitrogens with one attached hydrogen (secondary N) is 1. The quantitative estimate of drug-likeness (QED) is 0.620. The predicted molar refractivity (Wildman–Crippen MR) is 43.6 cm³/mol. The van der Waals surface area contributed by atoms with E-state index in [0.717, 1.165) is 4.90 Å². The lowest BCUT2D eigenvalue weighted by Gasteiger charge is -2.18. The maximum absolute atomic E-state index is 11.3. The summed E-state index contributed by atoms with van der Waals surface area (Å²) in [7, 11) is 0. The fourth-order valence-electron chi connectivity index (χ4n) is 1.26. The molecule has 1 atom stereocenters. The van der Waals surface area contributed by atoms with Gasteiger partial charge < -0.3 is 0 Å². The molecule has 0 spiro atoms. The third kappa shape index (κ3) is 1.18. The highest BCUT2D eigenvalue weighted by Crippen LogP contribution is 2.19. The van der Waals surface area contributed by atoms with Crippen molar-refractivity contribution in [2.45, 2.75) is 13.0 Å². The first-order chi connectivity index (χ1) is 6.70. The first kappa shape index (κ1) is 8.54. The number of nitrogens with zero attached hydrogens (tertiary/aromatic N) is 4. The number of imide groups is 1. The molecule has 0 aliphatic carbocycles. The Morgan fingerprint density at radius 2 is 2.00 bits per heavy atom. The number of amides is 2. The third-order valence-electron chi connectivity index (χ3n) is 1.97. The summed E-state index contributed by atoms with van der Waals surface area (Å²) in [5.41, 5.74) is 0. The van der Waals surface area contributed by atoms with Crippen molar-refractivity contribution in [2.24, 2.45) is 0 Å². The summed E-state index contributed by atoms with van der Waals surface area (Å²) in [6.07, 6.45) is 2.44. The largest absolute Gasteiger partial charge is 0.269 e. The lowest BCUT2D eigenvalue weighted by atomic mass is 10.3. The molecule has 0 saturated heterocycles. The number of hydrogen-bond donors (Lipinski definition) is 1. The van der Waals surface area contributed by atoms with Crippen LogP contribution in [0.4, 0.5) is 0 Å². The summed E-state index contributed by atoms with van der Waals surface area (Å²) in [5, 5.41) is 13.0. The maximum Gasteiger partial charge on any atom is 0.254 e. The van der Waals surface area contributed by atoms with Crippen LogP contribution in [0.15, 0.2) is 12.2 Å². The number of H-pyrrole nitrogens is 1. The lowest BCUT2D eigenvalue weighted by Crippen LogP contribution is -2.33. The van der Waals surface area contributed by atoms with Gasteiger partial charge in [0.05, 0.1) is 0 Å². The Hall–Kier alpha value is -2.05. The Bertz CT molecular complexity index is 378. The van der Waals surface area contributed by atoms with E-state index in [1.54, 1.807) is 6.92 Å². The first-order valence-electron chi connectivity index (χ1n) is 3.98. The molecule has 1 aromatic heterocycles. The third-order valence-corrected chi connectivity index (χ3v) is 1.97. The van der Waals surface area contributed by atoms with E-state index >= 15 is 0 Å². The van der Waals surface area contributed by atoms with Crippen molar-refractivity contribution >= 4 is 11.8 Å². The van der Waals surface area contributed by atoms with E-state index < -0.39 is 6.04 Å². The molecule has 1 aliphatic rings. The predicted octanol–water partition coefficient (Wildman–Crippen LogP) is -0.814. The molecule has 0 radical (unpaired) electrons.